The molecule has 0 unspecified atom stereocenters. The lowest BCUT2D eigenvalue weighted by Gasteiger charge is -2.07. The van der Waals surface area contributed by atoms with Gasteiger partial charge < -0.3 is 11.1 Å². The molecule has 0 aliphatic carbocycles. The number of nitrogens with zero attached hydrogens (tertiary/aromatic N) is 2. The van der Waals surface area contributed by atoms with Gasteiger partial charge in [0.1, 0.15) is 0 Å². The summed E-state index contributed by atoms with van der Waals surface area (Å²) in [5, 5.41) is 7.07. The number of hydrogen-bond donors (Lipinski definition) is 2. The van der Waals surface area contributed by atoms with Crippen molar-refractivity contribution < 1.29 is 4.79 Å². The van der Waals surface area contributed by atoms with E-state index in [9.17, 15) is 4.79 Å². The molecule has 0 bridgehead atoms. The molecule has 6 heteroatoms. The van der Waals surface area contributed by atoms with Crippen LogP contribution in [-0.2, 0) is 7.05 Å². The summed E-state index contributed by atoms with van der Waals surface area (Å²) >= 11 is 3.33. The van der Waals surface area contributed by atoms with Crippen molar-refractivity contribution in [3.8, 4) is 0 Å². The van der Waals surface area contributed by atoms with Crippen LogP contribution in [0, 0.1) is 13.8 Å². The molecule has 3 N–H and O–H groups in total. The van der Waals surface area contributed by atoms with Gasteiger partial charge in [-0.05, 0) is 48.0 Å². The second kappa shape index (κ2) is 5.05. The average molecular weight is 323 g/mol. The smallest absolute Gasteiger partial charge is 0.259 e. The number of amides is 1. The van der Waals surface area contributed by atoms with Crippen LogP contribution < -0.4 is 11.1 Å². The van der Waals surface area contributed by atoms with E-state index in [0.717, 1.165) is 10.2 Å². The number of hydrogen-bond acceptors (Lipinski definition) is 3. The highest BCUT2D eigenvalue weighted by atomic mass is 79.9. The molecule has 0 spiro atoms. The number of nitrogen functional groups attached to an aromatic ring is 1. The molecular weight excluding hydrogens is 308 g/mol. The van der Waals surface area contributed by atoms with E-state index in [2.05, 4.69) is 26.3 Å². The molecule has 1 heterocycles. The maximum absolute atomic E-state index is 12.3. The van der Waals surface area contributed by atoms with E-state index in [1.807, 2.05) is 20.9 Å². The van der Waals surface area contributed by atoms with Gasteiger partial charge in [-0.2, -0.15) is 5.10 Å². The van der Waals surface area contributed by atoms with Crippen molar-refractivity contribution in [1.82, 2.24) is 9.78 Å². The van der Waals surface area contributed by atoms with E-state index < -0.39 is 0 Å². The quantitative estimate of drug-likeness (QED) is 0.835. The number of carbonyl (C=O) groups is 1. The van der Waals surface area contributed by atoms with Crippen LogP contribution in [0.5, 0.6) is 0 Å². The zero-order valence-electron chi connectivity index (χ0n) is 11.0. The van der Waals surface area contributed by atoms with Gasteiger partial charge in [0.05, 0.1) is 11.3 Å². The second-order valence-corrected chi connectivity index (χ2v) is 5.21. The number of benzene rings is 1. The third kappa shape index (κ3) is 2.63. The van der Waals surface area contributed by atoms with Crippen LogP contribution in [0.1, 0.15) is 21.7 Å². The normalized spacial score (nSPS) is 10.5. The predicted molar refractivity (Wildman–Crippen MR) is 79.2 cm³/mol. The summed E-state index contributed by atoms with van der Waals surface area (Å²) in [6.07, 6.45) is 0. The minimum absolute atomic E-state index is 0.167. The maximum atomic E-state index is 12.3. The highest BCUT2D eigenvalue weighted by Gasteiger charge is 2.17. The van der Waals surface area contributed by atoms with E-state index in [0.29, 0.717) is 22.6 Å². The number of halogens is 1. The fourth-order valence-corrected chi connectivity index (χ4v) is 2.28. The van der Waals surface area contributed by atoms with Crippen molar-refractivity contribution in [2.45, 2.75) is 13.8 Å². The molecule has 1 aromatic heterocycles. The molecule has 0 radical (unpaired) electrons. The van der Waals surface area contributed by atoms with Gasteiger partial charge >= 0.3 is 0 Å². The Morgan fingerprint density at radius 2 is 2.11 bits per heavy atom. The molecule has 0 saturated heterocycles. The summed E-state index contributed by atoms with van der Waals surface area (Å²) in [6.45, 7) is 3.69. The van der Waals surface area contributed by atoms with Crippen molar-refractivity contribution in [1.29, 1.82) is 0 Å². The topological polar surface area (TPSA) is 72.9 Å². The zero-order chi connectivity index (χ0) is 14.2. The molecule has 1 amide bonds. The number of aromatic nitrogens is 2. The van der Waals surface area contributed by atoms with Crippen molar-refractivity contribution in [2.24, 2.45) is 7.05 Å². The van der Waals surface area contributed by atoms with Gasteiger partial charge in [-0.3, -0.25) is 9.48 Å². The van der Waals surface area contributed by atoms with Gasteiger partial charge in [0.2, 0.25) is 0 Å². The monoisotopic (exact) mass is 322 g/mol. The number of rotatable bonds is 2. The number of carbonyl (C=O) groups excluding carboxylic acids is 1. The molecule has 19 heavy (non-hydrogen) atoms. The first-order chi connectivity index (χ1) is 8.90. The van der Waals surface area contributed by atoms with E-state index in [-0.39, 0.29) is 5.91 Å². The van der Waals surface area contributed by atoms with Crippen LogP contribution >= 0.6 is 15.9 Å². The van der Waals surface area contributed by atoms with Crippen LogP contribution in [0.25, 0.3) is 0 Å². The van der Waals surface area contributed by atoms with Gasteiger partial charge in [-0.15, -0.1) is 0 Å². The Morgan fingerprint density at radius 3 is 2.63 bits per heavy atom. The maximum Gasteiger partial charge on any atom is 0.259 e. The molecule has 0 aliphatic rings. The van der Waals surface area contributed by atoms with Gasteiger partial charge in [-0.1, -0.05) is 0 Å². The standard InChI is InChI=1S/C13H15BrN4O/c1-7-12(8(2)18(3)17-7)13(19)16-9-4-5-11(15)10(14)6-9/h4-6H,15H2,1-3H3,(H,16,19). The molecule has 1 aromatic carbocycles. The van der Waals surface area contributed by atoms with Crippen LogP contribution in [0.2, 0.25) is 0 Å². The molecule has 100 valence electrons. The largest absolute Gasteiger partial charge is 0.398 e. The Balaban J connectivity index is 2.28. The van der Waals surface area contributed by atoms with Crippen LogP contribution in [0.4, 0.5) is 11.4 Å². The van der Waals surface area contributed by atoms with Crippen molar-refractivity contribution in [2.75, 3.05) is 11.1 Å². The van der Waals surface area contributed by atoms with Crippen molar-refractivity contribution in [3.63, 3.8) is 0 Å². The summed E-state index contributed by atoms with van der Waals surface area (Å²) in [5.74, 6) is -0.167. The summed E-state index contributed by atoms with van der Waals surface area (Å²) in [5.41, 5.74) is 9.19. The number of nitrogens with two attached hydrogens (primary N) is 1. The van der Waals surface area contributed by atoms with Gasteiger partial charge in [0, 0.05) is 28.6 Å². The van der Waals surface area contributed by atoms with Crippen molar-refractivity contribution >= 4 is 33.2 Å². The average Bonchev–Trinajstić information content (AvgIpc) is 2.58. The third-order valence-electron chi connectivity index (χ3n) is 2.99. The van der Waals surface area contributed by atoms with E-state index >= 15 is 0 Å². The molecular formula is C13H15BrN4O. The fourth-order valence-electron chi connectivity index (χ4n) is 1.90. The van der Waals surface area contributed by atoms with Crippen LogP contribution in [-0.4, -0.2) is 15.7 Å². The molecule has 0 fully saturated rings. The highest BCUT2D eigenvalue weighted by molar-refractivity contribution is 9.10. The molecule has 2 aromatic rings. The van der Waals surface area contributed by atoms with E-state index in [4.69, 9.17) is 5.73 Å². The van der Waals surface area contributed by atoms with Gasteiger partial charge in [0.15, 0.2) is 0 Å². The lowest BCUT2D eigenvalue weighted by atomic mass is 10.2. The Bertz CT molecular complexity index is 648. The molecule has 0 atom stereocenters. The number of anilines is 2. The van der Waals surface area contributed by atoms with E-state index in [1.54, 1.807) is 22.9 Å². The lowest BCUT2D eigenvalue weighted by Crippen LogP contribution is -2.14. The second-order valence-electron chi connectivity index (χ2n) is 4.36. The van der Waals surface area contributed by atoms with Gasteiger partial charge in [0.25, 0.3) is 5.91 Å². The van der Waals surface area contributed by atoms with Gasteiger partial charge in [-0.25, -0.2) is 0 Å². The lowest BCUT2D eigenvalue weighted by molar-refractivity contribution is 0.102. The third-order valence-corrected chi connectivity index (χ3v) is 3.68. The van der Waals surface area contributed by atoms with Crippen LogP contribution in [0.15, 0.2) is 22.7 Å². The molecule has 0 aliphatic heterocycles. The molecule has 0 saturated carbocycles. The molecule has 2 rings (SSSR count). The minimum Gasteiger partial charge on any atom is -0.398 e. The summed E-state index contributed by atoms with van der Waals surface area (Å²) in [4.78, 5) is 12.3. The van der Waals surface area contributed by atoms with Crippen molar-refractivity contribution in [3.05, 3.63) is 39.6 Å². The van der Waals surface area contributed by atoms with Crippen LogP contribution in [0.3, 0.4) is 0 Å². The SMILES string of the molecule is Cc1nn(C)c(C)c1C(=O)Nc1ccc(N)c(Br)c1. The first-order valence-electron chi connectivity index (χ1n) is 5.76. The predicted octanol–water partition coefficient (Wildman–Crippen LogP) is 2.63. The minimum atomic E-state index is -0.167. The van der Waals surface area contributed by atoms with E-state index in [1.165, 1.54) is 0 Å². The fraction of sp³-hybridized carbons (Fsp3) is 0.231. The summed E-state index contributed by atoms with van der Waals surface area (Å²) in [7, 11) is 1.82. The Morgan fingerprint density at radius 1 is 1.42 bits per heavy atom. The summed E-state index contributed by atoms with van der Waals surface area (Å²) in [6, 6.07) is 5.27. The summed E-state index contributed by atoms with van der Waals surface area (Å²) < 4.78 is 2.45. The number of nitrogens with one attached hydrogen (secondary N) is 1. The first kappa shape index (κ1) is 13.6. The zero-order valence-corrected chi connectivity index (χ0v) is 12.6. The Kier molecular flexibility index (Phi) is 3.61. The Hall–Kier alpha value is -1.82. The first-order valence-corrected chi connectivity index (χ1v) is 6.56. The highest BCUT2D eigenvalue weighted by Crippen LogP contribution is 2.24. The number of aryl methyl sites for hydroxylation is 2. The Labute approximate surface area is 119 Å². The molecule has 5 nitrogen and oxygen atoms in total.